The lowest BCUT2D eigenvalue weighted by molar-refractivity contribution is -0.136. The second-order valence-corrected chi connectivity index (χ2v) is 14.4. The molecule has 0 radical (unpaired) electrons. The van der Waals surface area contributed by atoms with Crippen molar-refractivity contribution in [3.05, 3.63) is 125 Å². The maximum Gasteiger partial charge on any atom is 0.256 e. The second kappa shape index (κ2) is 16.6. The third kappa shape index (κ3) is 8.52. The predicted octanol–water partition coefficient (Wildman–Crippen LogP) is 7.03. The molecule has 9 heteroatoms. The molecule has 7 rings (SSSR count). The number of phenols is 1. The topological polar surface area (TPSA) is 112 Å². The van der Waals surface area contributed by atoms with Crippen molar-refractivity contribution in [2.75, 3.05) is 26.2 Å². The van der Waals surface area contributed by atoms with Gasteiger partial charge in [0.05, 0.1) is 17.8 Å². The molecule has 274 valence electrons. The lowest BCUT2D eigenvalue weighted by Gasteiger charge is -2.29. The summed E-state index contributed by atoms with van der Waals surface area (Å²) in [5.74, 6) is 0.941. The molecule has 1 aromatic heterocycles. The molecule has 0 aliphatic carbocycles. The molecule has 2 fully saturated rings. The van der Waals surface area contributed by atoms with Gasteiger partial charge in [0.2, 0.25) is 11.8 Å². The molecule has 2 saturated heterocycles. The molecule has 2 N–H and O–H groups in total. The number of imide groups is 1. The molecule has 53 heavy (non-hydrogen) atoms. The van der Waals surface area contributed by atoms with Crippen LogP contribution in [0.2, 0.25) is 0 Å². The van der Waals surface area contributed by atoms with Gasteiger partial charge in [-0.05, 0) is 115 Å². The number of aromatic nitrogens is 1. The molecule has 2 atom stereocenters. The number of piperidine rings is 1. The van der Waals surface area contributed by atoms with Crippen LogP contribution in [0, 0.1) is 5.92 Å². The summed E-state index contributed by atoms with van der Waals surface area (Å²) in [5.41, 5.74) is 8.06. The summed E-state index contributed by atoms with van der Waals surface area (Å²) in [7, 11) is 0. The first-order chi connectivity index (χ1) is 25.9. The fourth-order valence-electron chi connectivity index (χ4n) is 8.03. The molecule has 4 heterocycles. The molecule has 0 spiro atoms. The van der Waals surface area contributed by atoms with Crippen LogP contribution < -0.4 is 10.1 Å². The highest BCUT2D eigenvalue weighted by molar-refractivity contribution is 6.05. The molecule has 9 nitrogen and oxygen atoms in total. The Morgan fingerprint density at radius 2 is 1.64 bits per heavy atom. The highest BCUT2D eigenvalue weighted by atomic mass is 16.5. The maximum absolute atomic E-state index is 13.0. The van der Waals surface area contributed by atoms with Crippen molar-refractivity contribution in [3.63, 3.8) is 0 Å². The van der Waals surface area contributed by atoms with E-state index in [1.165, 1.54) is 24.0 Å². The van der Waals surface area contributed by atoms with E-state index in [1.54, 1.807) is 17.0 Å². The summed E-state index contributed by atoms with van der Waals surface area (Å²) in [4.78, 5) is 45.7. The SMILES string of the molecule is CC/C(=C(\c1ccc(O)cc1)c1ccc(OCCN2CCC(CCCCc3ccc4c(n3)CN(C3CCC(=O)NC3=O)C4=O)C2)cc1)c1ccccc1. The van der Waals surface area contributed by atoms with Gasteiger partial charge >= 0.3 is 0 Å². The number of rotatable bonds is 14. The van der Waals surface area contributed by atoms with Crippen molar-refractivity contribution < 1.29 is 24.2 Å². The van der Waals surface area contributed by atoms with Crippen molar-refractivity contribution in [1.82, 2.24) is 20.1 Å². The van der Waals surface area contributed by atoms with Gasteiger partial charge in [-0.2, -0.15) is 0 Å². The lowest BCUT2D eigenvalue weighted by atomic mass is 9.88. The Balaban J connectivity index is 0.855. The number of hydrogen-bond acceptors (Lipinski definition) is 7. The number of fused-ring (bicyclic) bond motifs is 1. The highest BCUT2D eigenvalue weighted by Gasteiger charge is 2.39. The number of benzene rings is 3. The van der Waals surface area contributed by atoms with E-state index in [0.29, 0.717) is 31.1 Å². The van der Waals surface area contributed by atoms with Gasteiger partial charge in [0, 0.05) is 25.2 Å². The number of nitrogens with one attached hydrogen (secondary N) is 1. The number of hydrogen-bond donors (Lipinski definition) is 2. The molecular weight excluding hydrogens is 665 g/mol. The van der Waals surface area contributed by atoms with Crippen LogP contribution in [0.25, 0.3) is 11.1 Å². The van der Waals surface area contributed by atoms with Crippen LogP contribution in [0.5, 0.6) is 11.5 Å². The van der Waals surface area contributed by atoms with Crippen molar-refractivity contribution in [3.8, 4) is 11.5 Å². The minimum atomic E-state index is -0.615. The van der Waals surface area contributed by atoms with Gasteiger partial charge in [-0.3, -0.25) is 29.6 Å². The van der Waals surface area contributed by atoms with E-state index < -0.39 is 11.9 Å². The Bertz CT molecular complexity index is 1960. The van der Waals surface area contributed by atoms with Crippen LogP contribution in [0.1, 0.15) is 90.3 Å². The van der Waals surface area contributed by atoms with E-state index in [1.807, 2.05) is 30.3 Å². The Morgan fingerprint density at radius 1 is 0.887 bits per heavy atom. The number of likely N-dealkylation sites (tertiary alicyclic amines) is 1. The predicted molar refractivity (Wildman–Crippen MR) is 205 cm³/mol. The maximum atomic E-state index is 13.0. The van der Waals surface area contributed by atoms with E-state index in [2.05, 4.69) is 65.7 Å². The summed E-state index contributed by atoms with van der Waals surface area (Å²) >= 11 is 0. The Labute approximate surface area is 311 Å². The van der Waals surface area contributed by atoms with Crippen LogP contribution in [-0.2, 0) is 22.6 Å². The molecular formula is C44H48N4O5. The van der Waals surface area contributed by atoms with Crippen molar-refractivity contribution in [2.24, 2.45) is 5.92 Å². The molecule has 3 aromatic carbocycles. The number of phenolic OH excluding ortho intramolecular Hbond substituents is 1. The molecule has 3 amide bonds. The molecule has 4 aromatic rings. The number of ether oxygens (including phenoxy) is 1. The number of allylic oxidation sites excluding steroid dienone is 1. The van der Waals surface area contributed by atoms with E-state index in [-0.39, 0.29) is 24.0 Å². The van der Waals surface area contributed by atoms with E-state index >= 15 is 0 Å². The van der Waals surface area contributed by atoms with Crippen LogP contribution in [0.4, 0.5) is 0 Å². The van der Waals surface area contributed by atoms with Crippen LogP contribution in [0.3, 0.4) is 0 Å². The smallest absolute Gasteiger partial charge is 0.256 e. The van der Waals surface area contributed by atoms with Crippen LogP contribution >= 0.6 is 0 Å². The number of carbonyl (C=O) groups excluding carboxylic acids is 3. The Kier molecular flexibility index (Phi) is 11.3. The third-order valence-corrected chi connectivity index (χ3v) is 10.8. The third-order valence-electron chi connectivity index (χ3n) is 10.8. The average Bonchev–Trinajstić information content (AvgIpc) is 3.76. The zero-order valence-electron chi connectivity index (χ0n) is 30.4. The van der Waals surface area contributed by atoms with Crippen molar-refractivity contribution in [2.45, 2.75) is 70.9 Å². The Hall–Kier alpha value is -5.28. The monoisotopic (exact) mass is 712 g/mol. The minimum absolute atomic E-state index is 0.180. The van der Waals surface area contributed by atoms with Crippen LogP contribution in [0.15, 0.2) is 91.0 Å². The first-order valence-electron chi connectivity index (χ1n) is 19.0. The fraction of sp³-hybridized carbons (Fsp3) is 0.364. The van der Waals surface area contributed by atoms with E-state index in [0.717, 1.165) is 79.2 Å². The van der Waals surface area contributed by atoms with Gasteiger partial charge in [0.25, 0.3) is 5.91 Å². The summed E-state index contributed by atoms with van der Waals surface area (Å²) in [6, 6.07) is 29.5. The van der Waals surface area contributed by atoms with Crippen LogP contribution in [-0.4, -0.2) is 69.9 Å². The number of unbranched alkanes of at least 4 members (excludes halogenated alkanes) is 1. The van der Waals surface area contributed by atoms with Gasteiger partial charge in [0.15, 0.2) is 0 Å². The van der Waals surface area contributed by atoms with E-state index in [4.69, 9.17) is 9.72 Å². The lowest BCUT2D eigenvalue weighted by Crippen LogP contribution is -2.52. The first-order valence-corrected chi connectivity index (χ1v) is 19.0. The number of nitrogens with zero attached hydrogens (tertiary/aromatic N) is 3. The fourth-order valence-corrected chi connectivity index (χ4v) is 8.03. The summed E-state index contributed by atoms with van der Waals surface area (Å²) in [6.45, 7) is 6.23. The average molecular weight is 713 g/mol. The number of aromatic hydroxyl groups is 1. The summed E-state index contributed by atoms with van der Waals surface area (Å²) < 4.78 is 6.21. The summed E-state index contributed by atoms with van der Waals surface area (Å²) in [6.07, 6.45) is 6.90. The second-order valence-electron chi connectivity index (χ2n) is 14.4. The number of pyridine rings is 1. The van der Waals surface area contributed by atoms with Gasteiger partial charge in [-0.25, -0.2) is 0 Å². The molecule has 2 unspecified atom stereocenters. The standard InChI is InChI=1S/C44H48N4O5/c1-2-37(31-9-4-3-5-10-31)42(32-12-17-35(49)18-13-32)33-14-19-36(20-15-33)53-27-26-47-25-24-30(28-47)8-6-7-11-34-16-21-38-39(45-34)29-48(44(38)52)40-22-23-41(50)46-43(40)51/h3-5,9-10,12-21,30,40,49H,2,6-8,11,22-29H2,1H3,(H,46,50,51)/b42-37-. The zero-order valence-corrected chi connectivity index (χ0v) is 30.4. The first kappa shape index (κ1) is 36.1. The number of aryl methyl sites for hydroxylation is 1. The quantitative estimate of drug-likeness (QED) is 0.0821. The molecule has 0 bridgehead atoms. The van der Waals surface area contributed by atoms with E-state index in [9.17, 15) is 19.5 Å². The largest absolute Gasteiger partial charge is 0.508 e. The number of amides is 3. The molecule has 3 aliphatic rings. The summed E-state index contributed by atoms with van der Waals surface area (Å²) in [5, 5.41) is 12.3. The highest BCUT2D eigenvalue weighted by Crippen LogP contribution is 2.36. The normalized spacial score (nSPS) is 19.3. The van der Waals surface area contributed by atoms with Crippen molar-refractivity contribution in [1.29, 1.82) is 0 Å². The van der Waals surface area contributed by atoms with Gasteiger partial charge in [-0.15, -0.1) is 0 Å². The Morgan fingerprint density at radius 3 is 2.38 bits per heavy atom. The molecule has 3 aliphatic heterocycles. The van der Waals surface area contributed by atoms with Gasteiger partial charge in [0.1, 0.15) is 24.1 Å². The zero-order chi connectivity index (χ0) is 36.7. The molecule has 0 saturated carbocycles. The minimum Gasteiger partial charge on any atom is -0.508 e. The van der Waals surface area contributed by atoms with Gasteiger partial charge < -0.3 is 14.7 Å². The van der Waals surface area contributed by atoms with Gasteiger partial charge in [-0.1, -0.05) is 67.9 Å². The number of carbonyl (C=O) groups is 3. The van der Waals surface area contributed by atoms with Crippen molar-refractivity contribution >= 4 is 28.9 Å².